The number of rotatable bonds is 2. The average Bonchev–Trinajstić information content (AvgIpc) is 0.817. The van der Waals surface area contributed by atoms with E-state index in [4.69, 9.17) is 56.8 Å². The normalized spacial score (nSPS) is 17.8. The average molecular weight is 1380 g/mol. The molecule has 0 atom stereocenters. The van der Waals surface area contributed by atoms with Crippen LogP contribution in [-0.2, 0) is 72.6 Å². The molecular formula is C62H73F12N2O13P3. The number of nitrogens with zero attached hydrogens (tertiary/aromatic N) is 2. The van der Waals surface area contributed by atoms with Gasteiger partial charge in [-0.3, -0.25) is 0 Å². The molecule has 508 valence electrons. The molecule has 2 aromatic heterocycles. The van der Waals surface area contributed by atoms with Gasteiger partial charge >= 0.3 is 66.0 Å². The van der Waals surface area contributed by atoms with Gasteiger partial charge in [-0.15, -0.1) is 0 Å². The van der Waals surface area contributed by atoms with E-state index in [1.807, 2.05) is 138 Å². The molecule has 14 rings (SSSR count). The third kappa shape index (κ3) is 34.8. The SMILES string of the molecule is C[n+]1ccc(-c2cc[n+](C)cc2)cc1.F[P-](F)(F)(F)(F)F.F[P-](F)(F)(F)(F)F.O=P1(c2ccccc2)Cc2ccc(cc2)OCc2cc3cc(c2)OCCOCCOCCOCCOc2cc(cc(c2)OCCOCCOCCOCCO3)COc2ccc(cc2)C1. The fourth-order valence-electron chi connectivity index (χ4n) is 8.35. The molecule has 0 radical (unpaired) electrons. The van der Waals surface area contributed by atoms with Crippen molar-refractivity contribution in [1.29, 1.82) is 0 Å². The first kappa shape index (κ1) is 74.3. The summed E-state index contributed by atoms with van der Waals surface area (Å²) in [6.07, 6.45) is 9.02. The first-order valence-corrected chi connectivity index (χ1v) is 34.7. The molecule has 0 saturated heterocycles. The fraction of sp³-hybridized carbons (Fsp3) is 0.355. The van der Waals surface area contributed by atoms with E-state index in [0.29, 0.717) is 153 Å². The van der Waals surface area contributed by atoms with E-state index < -0.39 is 22.8 Å². The second-order valence-corrected chi connectivity index (χ2v) is 27.3. The van der Waals surface area contributed by atoms with E-state index in [1.54, 1.807) is 0 Å². The summed E-state index contributed by atoms with van der Waals surface area (Å²) in [5.74, 6) is 3.89. The summed E-state index contributed by atoms with van der Waals surface area (Å²) in [6, 6.07) is 45.3. The second-order valence-electron chi connectivity index (χ2n) is 20.5. The molecule has 0 N–H and O–H groups in total. The molecule has 15 nitrogen and oxygen atoms in total. The summed E-state index contributed by atoms with van der Waals surface area (Å²) in [5.41, 5.74) is 6.15. The Morgan fingerprint density at radius 2 is 0.576 bits per heavy atom. The zero-order valence-electron chi connectivity index (χ0n) is 50.3. The number of ether oxygens (including phenoxy) is 12. The summed E-state index contributed by atoms with van der Waals surface area (Å²) >= 11 is 0. The maximum atomic E-state index is 15.0. The molecule has 0 amide bonds. The van der Waals surface area contributed by atoms with Crippen molar-refractivity contribution in [3.63, 3.8) is 0 Å². The van der Waals surface area contributed by atoms with Gasteiger partial charge in [0.1, 0.15) is 95.4 Å². The zero-order chi connectivity index (χ0) is 66.7. The first-order chi connectivity index (χ1) is 43.2. The molecule has 92 heavy (non-hydrogen) atoms. The van der Waals surface area contributed by atoms with Gasteiger partial charge in [-0.25, -0.2) is 9.13 Å². The van der Waals surface area contributed by atoms with Gasteiger partial charge in [0.25, 0.3) is 0 Å². The molecule has 0 saturated carbocycles. The van der Waals surface area contributed by atoms with Crippen LogP contribution in [0.4, 0.5) is 50.4 Å². The minimum Gasteiger partial charge on any atom is -0.491 e. The van der Waals surface area contributed by atoms with Crippen LogP contribution in [0.15, 0.2) is 164 Å². The third-order valence-electron chi connectivity index (χ3n) is 12.4. The molecule has 0 unspecified atom stereocenters. The van der Waals surface area contributed by atoms with Crippen molar-refractivity contribution in [3.8, 4) is 45.6 Å². The van der Waals surface area contributed by atoms with Crippen molar-refractivity contribution in [1.82, 2.24) is 0 Å². The Balaban J connectivity index is 0.000000393. The van der Waals surface area contributed by atoms with E-state index in [-0.39, 0.29) is 13.2 Å². The van der Waals surface area contributed by atoms with Gasteiger partial charge < -0.3 is 61.4 Å². The van der Waals surface area contributed by atoms with Crippen molar-refractivity contribution < 1.29 is 121 Å². The number of hydrogen-bond donors (Lipinski definition) is 0. The number of hydrogen-bond acceptors (Lipinski definition) is 13. The van der Waals surface area contributed by atoms with Crippen LogP contribution in [0.3, 0.4) is 0 Å². The maximum Gasteiger partial charge on any atom is 0.124 e. The summed E-state index contributed by atoms with van der Waals surface area (Å²) in [7, 11) is -20.2. The summed E-state index contributed by atoms with van der Waals surface area (Å²) in [5, 5.41) is 0.835. The number of pyridine rings is 2. The van der Waals surface area contributed by atoms with Crippen LogP contribution in [0.25, 0.3) is 11.1 Å². The van der Waals surface area contributed by atoms with E-state index in [9.17, 15) is 50.4 Å². The monoisotopic (exact) mass is 1370 g/mol. The first-order valence-electron chi connectivity index (χ1n) is 28.6. The maximum absolute atomic E-state index is 15.0. The standard InChI is InChI=1S/C50H59O13P.C12H14N2.2F6P/c51-64(50-4-2-1-3-5-50)38-40-6-10-44(11-7-40)62-36-42-30-46-34-47(31-42)59-27-23-55-19-15-53-17-21-57-25-29-61-49-33-43(37-63-45-12-8-41(39-64)9-13-45)32-48(35-49)60-28-24-56-20-16-52-14-18-54-22-26-58-46;1-13-7-3-11(4-8-13)12-5-9-14(2)10-6-12;2*1-7(2,3,4,5)6/h1-13,30-35H,14-29,36-39H2;3-10H,1-2H3;;/q;+2;2*-1. The Labute approximate surface area is 524 Å². The number of aromatic nitrogens is 2. The van der Waals surface area contributed by atoms with Crippen LogP contribution in [0, 0.1) is 0 Å². The Morgan fingerprint density at radius 3 is 0.848 bits per heavy atom. The van der Waals surface area contributed by atoms with E-state index in [1.165, 1.54) is 11.1 Å². The molecule has 30 heteroatoms. The van der Waals surface area contributed by atoms with Crippen molar-refractivity contribution >= 4 is 28.1 Å². The molecule has 10 bridgehead atoms. The van der Waals surface area contributed by atoms with Crippen LogP contribution in [-0.4, -0.2) is 106 Å². The molecule has 7 aromatic rings. The largest absolute Gasteiger partial charge is 0.491 e. The van der Waals surface area contributed by atoms with Crippen molar-refractivity contribution in [2.24, 2.45) is 14.1 Å². The van der Waals surface area contributed by atoms with Crippen molar-refractivity contribution in [3.05, 3.63) is 187 Å². The van der Waals surface area contributed by atoms with Gasteiger partial charge in [0.15, 0.2) is 24.8 Å². The molecule has 7 aliphatic rings. The Bertz CT molecular complexity index is 3100. The van der Waals surface area contributed by atoms with Crippen LogP contribution >= 0.6 is 22.8 Å². The quantitative estimate of drug-likeness (QED) is 0.0924. The van der Waals surface area contributed by atoms with Crippen LogP contribution in [0.2, 0.25) is 0 Å². The predicted octanol–water partition coefficient (Wildman–Crippen LogP) is 15.6. The molecule has 9 heterocycles. The molecule has 0 spiro atoms. The predicted molar refractivity (Wildman–Crippen MR) is 324 cm³/mol. The van der Waals surface area contributed by atoms with Gasteiger partial charge in [0.05, 0.1) is 79.3 Å². The van der Waals surface area contributed by atoms with Gasteiger partial charge in [0, 0.05) is 54.0 Å². The Kier molecular flexibility index (Phi) is 26.5. The van der Waals surface area contributed by atoms with Gasteiger partial charge in [-0.2, -0.15) is 0 Å². The van der Waals surface area contributed by atoms with Crippen molar-refractivity contribution in [2.45, 2.75) is 25.5 Å². The Morgan fingerprint density at radius 1 is 0.315 bits per heavy atom. The van der Waals surface area contributed by atoms with Crippen molar-refractivity contribution in [2.75, 3.05) is 106 Å². The molecular weight excluding hydrogens is 1300 g/mol. The number of halogens is 12. The summed E-state index contributed by atoms with van der Waals surface area (Å²) < 4.78 is 209. The molecule has 7 aliphatic heterocycles. The molecule has 5 aromatic carbocycles. The third-order valence-corrected chi connectivity index (χ3v) is 15.4. The Hall–Kier alpha value is -6.79. The zero-order valence-corrected chi connectivity index (χ0v) is 53.0. The van der Waals surface area contributed by atoms with Gasteiger partial charge in [0.2, 0.25) is 0 Å². The molecule has 0 fully saturated rings. The second kappa shape index (κ2) is 32.9. The van der Waals surface area contributed by atoms with Crippen LogP contribution in [0.1, 0.15) is 22.3 Å². The number of aryl methyl sites for hydroxylation is 2. The van der Waals surface area contributed by atoms with E-state index in [2.05, 4.69) is 49.1 Å². The van der Waals surface area contributed by atoms with Gasteiger partial charge in [-0.1, -0.05) is 54.6 Å². The number of benzene rings is 5. The smallest absolute Gasteiger partial charge is 0.124 e. The summed E-state index contributed by atoms with van der Waals surface area (Å²) in [6.45, 7) is 6.83. The van der Waals surface area contributed by atoms with Crippen LogP contribution < -0.4 is 42.9 Å². The van der Waals surface area contributed by atoms with E-state index in [0.717, 1.165) is 27.6 Å². The van der Waals surface area contributed by atoms with Gasteiger partial charge in [-0.05, 0) is 81.9 Å². The summed E-state index contributed by atoms with van der Waals surface area (Å²) in [4.78, 5) is 0. The topological polar surface area (TPSA) is 136 Å². The molecule has 0 aliphatic carbocycles. The fourth-order valence-corrected chi connectivity index (χ4v) is 11.1. The minimum atomic E-state index is -10.7. The van der Waals surface area contributed by atoms with E-state index >= 15 is 4.57 Å². The minimum absolute atomic E-state index is 0.275. The van der Waals surface area contributed by atoms with Crippen LogP contribution in [0.5, 0.6) is 34.5 Å².